The first-order chi connectivity index (χ1) is 14.6. The van der Waals surface area contributed by atoms with Crippen LogP contribution < -0.4 is 11.2 Å². The van der Waals surface area contributed by atoms with Crippen molar-refractivity contribution in [1.29, 1.82) is 0 Å². The fraction of sp³-hybridized carbons (Fsp3) is 0.200. The van der Waals surface area contributed by atoms with Crippen LogP contribution in [0.5, 0.6) is 5.88 Å². The van der Waals surface area contributed by atoms with E-state index in [9.17, 15) is 23.5 Å². The van der Waals surface area contributed by atoms with Crippen molar-refractivity contribution < 1.29 is 13.9 Å². The van der Waals surface area contributed by atoms with Crippen molar-refractivity contribution >= 4 is 46.4 Å². The van der Waals surface area contributed by atoms with Gasteiger partial charge in [-0.05, 0) is 35.4 Å². The second-order valence-corrected chi connectivity index (χ2v) is 8.26. The van der Waals surface area contributed by atoms with Crippen LogP contribution in [-0.4, -0.2) is 14.2 Å². The van der Waals surface area contributed by atoms with Gasteiger partial charge in [-0.25, -0.2) is 13.6 Å². The number of alkyl halides is 2. The summed E-state index contributed by atoms with van der Waals surface area (Å²) in [5, 5.41) is 10.7. The van der Waals surface area contributed by atoms with Gasteiger partial charge in [0.2, 0.25) is 5.88 Å². The average molecular weight is 510 g/mol. The topological polar surface area (TPSA) is 64.2 Å². The molecule has 0 radical (unpaired) electrons. The molecule has 0 aliphatic rings. The molecule has 11 heteroatoms. The quantitative estimate of drug-likeness (QED) is 0.460. The molecule has 2 aromatic carbocycles. The molecule has 0 bridgehead atoms. The van der Waals surface area contributed by atoms with Gasteiger partial charge in [-0.2, -0.15) is 0 Å². The van der Waals surface area contributed by atoms with Gasteiger partial charge in [0.25, 0.3) is 5.56 Å². The summed E-state index contributed by atoms with van der Waals surface area (Å²) in [6.07, 6.45) is -3.55. The van der Waals surface area contributed by atoms with Gasteiger partial charge in [-0.3, -0.25) is 13.9 Å². The van der Waals surface area contributed by atoms with Gasteiger partial charge in [0.05, 0.1) is 39.2 Å². The van der Waals surface area contributed by atoms with Gasteiger partial charge < -0.3 is 5.11 Å². The first-order valence-corrected chi connectivity index (χ1v) is 10.3. The molecule has 0 aliphatic heterocycles. The van der Waals surface area contributed by atoms with E-state index in [1.807, 2.05) is 0 Å². The Morgan fingerprint density at radius 2 is 1.19 bits per heavy atom. The molecule has 3 aromatic rings. The Balaban J connectivity index is 1.92. The summed E-state index contributed by atoms with van der Waals surface area (Å²) in [7, 11) is 0. The van der Waals surface area contributed by atoms with Crippen LogP contribution in [0.25, 0.3) is 0 Å². The smallest absolute Gasteiger partial charge is 0.333 e. The molecule has 0 spiro atoms. The van der Waals surface area contributed by atoms with E-state index >= 15 is 0 Å². The molecular formula is C20H14Cl4F2N2O3. The largest absolute Gasteiger partial charge is 0.494 e. The highest BCUT2D eigenvalue weighted by molar-refractivity contribution is 6.42. The van der Waals surface area contributed by atoms with Crippen LogP contribution in [0.2, 0.25) is 20.1 Å². The van der Waals surface area contributed by atoms with Crippen molar-refractivity contribution in [3.8, 4) is 5.88 Å². The summed E-state index contributed by atoms with van der Waals surface area (Å²) in [6, 6.07) is 8.79. The van der Waals surface area contributed by atoms with Crippen molar-refractivity contribution in [2.45, 2.75) is 25.4 Å². The number of halogens is 6. The maximum atomic E-state index is 14.8. The Bertz CT molecular complexity index is 1250. The highest BCUT2D eigenvalue weighted by atomic mass is 35.5. The van der Waals surface area contributed by atoms with Crippen LogP contribution in [0.1, 0.15) is 23.5 Å². The lowest BCUT2D eigenvalue weighted by Gasteiger charge is -2.16. The average Bonchev–Trinajstić information content (AvgIpc) is 2.72. The van der Waals surface area contributed by atoms with Crippen LogP contribution in [0.4, 0.5) is 8.78 Å². The third-order valence-electron chi connectivity index (χ3n) is 4.55. The summed E-state index contributed by atoms with van der Waals surface area (Å²) < 4.78 is 30.7. The fourth-order valence-electron chi connectivity index (χ4n) is 2.89. The van der Waals surface area contributed by atoms with Gasteiger partial charge in [-0.1, -0.05) is 58.5 Å². The van der Waals surface area contributed by atoms with Crippen molar-refractivity contribution in [2.24, 2.45) is 0 Å². The zero-order valence-corrected chi connectivity index (χ0v) is 18.6. The molecule has 0 amide bonds. The van der Waals surface area contributed by atoms with Crippen molar-refractivity contribution in [2.75, 3.05) is 0 Å². The molecule has 2 atom stereocenters. The maximum absolute atomic E-state index is 14.8. The molecular weight excluding hydrogens is 496 g/mol. The SMILES string of the molecule is O=c1cc(O)n(C[C@H](F)c2ccc(Cl)c(Cl)c2)c(=O)n1C[C@@H](F)c1ccc(Cl)c(Cl)c1. The zero-order valence-electron chi connectivity index (χ0n) is 15.5. The van der Waals surface area contributed by atoms with E-state index in [2.05, 4.69) is 0 Å². The predicted molar refractivity (Wildman–Crippen MR) is 117 cm³/mol. The molecule has 31 heavy (non-hydrogen) atoms. The summed E-state index contributed by atoms with van der Waals surface area (Å²) in [5.41, 5.74) is -1.81. The number of nitrogens with zero attached hydrogens (tertiary/aromatic N) is 2. The number of rotatable bonds is 6. The van der Waals surface area contributed by atoms with Crippen LogP contribution in [0.3, 0.4) is 0 Å². The van der Waals surface area contributed by atoms with Gasteiger partial charge in [0.1, 0.15) is 12.3 Å². The fourth-order valence-corrected chi connectivity index (χ4v) is 3.50. The second-order valence-electron chi connectivity index (χ2n) is 6.63. The Hall–Kier alpha value is -2.06. The van der Waals surface area contributed by atoms with E-state index < -0.39 is 42.6 Å². The minimum absolute atomic E-state index is 0.0968. The van der Waals surface area contributed by atoms with Gasteiger partial charge in [-0.15, -0.1) is 0 Å². The van der Waals surface area contributed by atoms with E-state index in [0.29, 0.717) is 15.2 Å². The first kappa shape index (κ1) is 23.6. The molecule has 0 fully saturated rings. The molecule has 0 saturated carbocycles. The van der Waals surface area contributed by atoms with Crippen molar-refractivity contribution in [3.05, 3.63) is 94.5 Å². The Labute approximate surface area is 195 Å². The number of aromatic hydroxyl groups is 1. The summed E-state index contributed by atoms with van der Waals surface area (Å²) in [4.78, 5) is 24.9. The number of hydrogen-bond donors (Lipinski definition) is 1. The maximum Gasteiger partial charge on any atom is 0.333 e. The van der Waals surface area contributed by atoms with Gasteiger partial charge in [0.15, 0.2) is 0 Å². The Morgan fingerprint density at radius 3 is 1.65 bits per heavy atom. The standard InChI is InChI=1S/C20H14Cl4F2N2O3/c21-12-3-1-10(5-14(12)23)16(25)8-27-18(29)7-19(30)28(20(27)31)9-17(26)11-2-4-13(22)15(24)6-11/h1-7,16-17,29H,8-9H2/t16-,17+/m0/s1. The zero-order chi connectivity index (χ0) is 22.9. The van der Waals surface area contributed by atoms with Crippen LogP contribution >= 0.6 is 46.4 Å². The van der Waals surface area contributed by atoms with E-state index in [-0.39, 0.29) is 31.2 Å². The van der Waals surface area contributed by atoms with Crippen molar-refractivity contribution in [3.63, 3.8) is 0 Å². The second kappa shape index (κ2) is 9.61. The Morgan fingerprint density at radius 1 is 0.742 bits per heavy atom. The highest BCUT2D eigenvalue weighted by Gasteiger charge is 2.20. The molecule has 0 aliphatic carbocycles. The van der Waals surface area contributed by atoms with Crippen LogP contribution in [0, 0.1) is 0 Å². The van der Waals surface area contributed by atoms with Crippen molar-refractivity contribution in [1.82, 2.24) is 9.13 Å². The molecule has 0 unspecified atom stereocenters. The number of benzene rings is 2. The van der Waals surface area contributed by atoms with Gasteiger partial charge in [0, 0.05) is 0 Å². The lowest BCUT2D eigenvalue weighted by Crippen LogP contribution is -2.40. The molecule has 0 saturated heterocycles. The lowest BCUT2D eigenvalue weighted by atomic mass is 10.1. The lowest BCUT2D eigenvalue weighted by molar-refractivity contribution is 0.261. The Kier molecular flexibility index (Phi) is 7.31. The first-order valence-electron chi connectivity index (χ1n) is 8.80. The van der Waals surface area contributed by atoms with E-state index in [0.717, 1.165) is 0 Å². The van der Waals surface area contributed by atoms with E-state index in [4.69, 9.17) is 46.4 Å². The van der Waals surface area contributed by atoms with E-state index in [1.165, 1.54) is 36.4 Å². The molecule has 1 heterocycles. The van der Waals surface area contributed by atoms with Gasteiger partial charge >= 0.3 is 5.69 Å². The molecule has 3 rings (SSSR count). The van der Waals surface area contributed by atoms with Crippen LogP contribution in [0.15, 0.2) is 52.1 Å². The number of hydrogen-bond acceptors (Lipinski definition) is 3. The minimum atomic E-state index is -1.78. The normalized spacial score (nSPS) is 13.2. The minimum Gasteiger partial charge on any atom is -0.494 e. The number of aromatic nitrogens is 2. The summed E-state index contributed by atoms with van der Waals surface area (Å²) >= 11 is 23.4. The molecule has 1 aromatic heterocycles. The molecule has 1 N–H and O–H groups in total. The molecule has 5 nitrogen and oxygen atoms in total. The summed E-state index contributed by atoms with van der Waals surface area (Å²) in [5.74, 6) is -0.751. The third kappa shape index (κ3) is 5.23. The third-order valence-corrected chi connectivity index (χ3v) is 6.03. The summed E-state index contributed by atoms with van der Waals surface area (Å²) in [6.45, 7) is -1.30. The monoisotopic (exact) mass is 508 g/mol. The highest BCUT2D eigenvalue weighted by Crippen LogP contribution is 2.29. The van der Waals surface area contributed by atoms with Crippen LogP contribution in [-0.2, 0) is 13.1 Å². The van der Waals surface area contributed by atoms with E-state index in [1.54, 1.807) is 0 Å². The predicted octanol–water partition coefficient (Wildman–Crippen LogP) is 5.75. The molecule has 164 valence electrons.